The lowest BCUT2D eigenvalue weighted by Gasteiger charge is -2.35. The van der Waals surface area contributed by atoms with Gasteiger partial charge in [0.15, 0.2) is 0 Å². The van der Waals surface area contributed by atoms with Crippen molar-refractivity contribution < 1.29 is 12.8 Å². The van der Waals surface area contributed by atoms with E-state index in [1.165, 1.54) is 41.8 Å². The lowest BCUT2D eigenvalue weighted by atomic mass is 10.1. The molecule has 0 unspecified atom stereocenters. The Morgan fingerprint density at radius 2 is 1.62 bits per heavy atom. The zero-order valence-corrected chi connectivity index (χ0v) is 17.4. The van der Waals surface area contributed by atoms with Crippen molar-refractivity contribution in [2.75, 3.05) is 49.1 Å². The highest BCUT2D eigenvalue weighted by molar-refractivity contribution is 7.89. The summed E-state index contributed by atoms with van der Waals surface area (Å²) >= 11 is 0. The number of nitrogens with zero attached hydrogens (tertiary/aromatic N) is 5. The van der Waals surface area contributed by atoms with Gasteiger partial charge in [0.05, 0.1) is 4.90 Å². The van der Waals surface area contributed by atoms with E-state index >= 15 is 0 Å². The molecule has 0 radical (unpaired) electrons. The molecule has 1 aromatic heterocycles. The minimum atomic E-state index is -3.71. The number of piperazine rings is 1. The highest BCUT2D eigenvalue weighted by Gasteiger charge is 2.30. The number of anilines is 2. The third kappa shape index (κ3) is 4.35. The largest absolute Gasteiger partial charge is 0.356 e. The van der Waals surface area contributed by atoms with E-state index in [4.69, 9.17) is 4.98 Å². The van der Waals surface area contributed by atoms with Gasteiger partial charge < -0.3 is 9.80 Å². The Bertz CT molecular complexity index is 971. The minimum Gasteiger partial charge on any atom is -0.356 e. The predicted octanol–water partition coefficient (Wildman–Crippen LogP) is 2.43. The second-order valence-electron chi connectivity index (χ2n) is 7.56. The number of aryl methyl sites for hydroxylation is 1. The Labute approximate surface area is 171 Å². The maximum Gasteiger partial charge on any atom is 0.243 e. The van der Waals surface area contributed by atoms with Crippen LogP contribution in [0.15, 0.2) is 35.2 Å². The predicted molar refractivity (Wildman–Crippen MR) is 110 cm³/mol. The summed E-state index contributed by atoms with van der Waals surface area (Å²) in [7, 11) is -3.71. The van der Waals surface area contributed by atoms with Gasteiger partial charge in [-0.1, -0.05) is 6.07 Å². The normalized spacial score (nSPS) is 18.8. The Morgan fingerprint density at radius 3 is 2.31 bits per heavy atom. The number of aromatic nitrogens is 2. The second kappa shape index (κ2) is 8.23. The number of benzene rings is 1. The van der Waals surface area contributed by atoms with Gasteiger partial charge in [0.2, 0.25) is 16.0 Å². The maximum absolute atomic E-state index is 13.5. The monoisotopic (exact) mass is 419 g/mol. The van der Waals surface area contributed by atoms with Crippen molar-refractivity contribution in [3.8, 4) is 0 Å². The fourth-order valence-corrected chi connectivity index (χ4v) is 5.32. The van der Waals surface area contributed by atoms with Gasteiger partial charge in [0.25, 0.3) is 0 Å². The van der Waals surface area contributed by atoms with E-state index in [2.05, 4.69) is 9.88 Å². The first kappa shape index (κ1) is 20.0. The molecule has 2 aliphatic heterocycles. The van der Waals surface area contributed by atoms with Crippen molar-refractivity contribution in [2.45, 2.75) is 31.1 Å². The van der Waals surface area contributed by atoms with E-state index in [1.807, 2.05) is 17.9 Å². The van der Waals surface area contributed by atoms with Crippen molar-refractivity contribution in [3.63, 3.8) is 0 Å². The Hall–Kier alpha value is -2.26. The van der Waals surface area contributed by atoms with Crippen molar-refractivity contribution in [2.24, 2.45) is 0 Å². The Balaban J connectivity index is 1.47. The Kier molecular flexibility index (Phi) is 5.69. The third-order valence-corrected chi connectivity index (χ3v) is 7.36. The average Bonchev–Trinajstić information content (AvgIpc) is 2.74. The molecule has 0 saturated carbocycles. The second-order valence-corrected chi connectivity index (χ2v) is 9.50. The van der Waals surface area contributed by atoms with Crippen LogP contribution >= 0.6 is 0 Å². The van der Waals surface area contributed by atoms with Gasteiger partial charge in [-0.15, -0.1) is 0 Å². The average molecular weight is 420 g/mol. The van der Waals surface area contributed by atoms with Crippen LogP contribution in [0.25, 0.3) is 0 Å². The molecule has 0 bridgehead atoms. The molecular formula is C20H26FN5O2S. The molecule has 4 rings (SSSR count). The molecule has 3 heterocycles. The number of rotatable bonds is 4. The van der Waals surface area contributed by atoms with Crippen molar-refractivity contribution in [1.82, 2.24) is 14.3 Å². The molecule has 0 aliphatic carbocycles. The van der Waals surface area contributed by atoms with Gasteiger partial charge in [0.1, 0.15) is 11.6 Å². The zero-order chi connectivity index (χ0) is 20.4. The van der Waals surface area contributed by atoms with Crippen LogP contribution in [0.1, 0.15) is 25.0 Å². The quantitative estimate of drug-likeness (QED) is 0.758. The lowest BCUT2D eigenvalue weighted by Crippen LogP contribution is -2.49. The summed E-state index contributed by atoms with van der Waals surface area (Å²) in [5, 5.41) is 0. The van der Waals surface area contributed by atoms with Crippen molar-refractivity contribution >= 4 is 21.8 Å². The molecule has 2 saturated heterocycles. The molecule has 156 valence electrons. The summed E-state index contributed by atoms with van der Waals surface area (Å²) in [6, 6.07) is 7.17. The number of halogens is 1. The van der Waals surface area contributed by atoms with E-state index < -0.39 is 15.8 Å². The van der Waals surface area contributed by atoms with E-state index in [0.29, 0.717) is 32.1 Å². The van der Waals surface area contributed by atoms with Crippen LogP contribution < -0.4 is 9.80 Å². The summed E-state index contributed by atoms with van der Waals surface area (Å²) in [5.41, 5.74) is 0.908. The van der Waals surface area contributed by atoms with Crippen molar-refractivity contribution in [1.29, 1.82) is 0 Å². The maximum atomic E-state index is 13.5. The molecule has 7 nitrogen and oxygen atoms in total. The summed E-state index contributed by atoms with van der Waals surface area (Å²) < 4.78 is 40.5. The van der Waals surface area contributed by atoms with Crippen LogP contribution in [0, 0.1) is 12.7 Å². The van der Waals surface area contributed by atoms with Crippen LogP contribution in [-0.2, 0) is 10.0 Å². The van der Waals surface area contributed by atoms with Gasteiger partial charge in [-0.3, -0.25) is 0 Å². The number of hydrogen-bond donors (Lipinski definition) is 0. The SMILES string of the molecule is Cc1cc(N2CCCCC2)nc(N2CCN(S(=O)(=O)c3cccc(F)c3)CC2)n1. The standard InChI is InChI=1S/C20H26FN5O2S/c1-16-14-19(24-8-3-2-4-9-24)23-20(22-16)25-10-12-26(13-11-25)29(27,28)18-7-5-6-17(21)15-18/h5-7,14-15H,2-4,8-13H2,1H3. The van der Waals surface area contributed by atoms with Crippen LogP contribution in [0.4, 0.5) is 16.2 Å². The molecule has 0 N–H and O–H groups in total. The number of hydrogen-bond acceptors (Lipinski definition) is 6. The van der Waals surface area contributed by atoms with Crippen LogP contribution in [0.2, 0.25) is 0 Å². The molecule has 9 heteroatoms. The van der Waals surface area contributed by atoms with Gasteiger partial charge in [-0.25, -0.2) is 17.8 Å². The summed E-state index contributed by atoms with van der Waals surface area (Å²) in [6.45, 7) is 5.60. The summed E-state index contributed by atoms with van der Waals surface area (Å²) in [4.78, 5) is 13.7. The molecule has 0 spiro atoms. The molecule has 2 aromatic rings. The summed E-state index contributed by atoms with van der Waals surface area (Å²) in [5.74, 6) is 1.04. The van der Waals surface area contributed by atoms with Crippen LogP contribution in [-0.4, -0.2) is 62.0 Å². The molecule has 1 aromatic carbocycles. The fraction of sp³-hybridized carbons (Fsp3) is 0.500. The first-order valence-corrected chi connectivity index (χ1v) is 11.5. The minimum absolute atomic E-state index is 0.00913. The first-order chi connectivity index (χ1) is 13.9. The third-order valence-electron chi connectivity index (χ3n) is 5.46. The van der Waals surface area contributed by atoms with Gasteiger partial charge in [-0.2, -0.15) is 9.29 Å². The summed E-state index contributed by atoms with van der Waals surface area (Å²) in [6.07, 6.45) is 3.61. The van der Waals surface area contributed by atoms with Gasteiger partial charge >= 0.3 is 0 Å². The van der Waals surface area contributed by atoms with Crippen LogP contribution in [0.5, 0.6) is 0 Å². The fourth-order valence-electron chi connectivity index (χ4n) is 3.87. The first-order valence-electron chi connectivity index (χ1n) is 10.0. The molecule has 0 atom stereocenters. The van der Waals surface area contributed by atoms with Gasteiger partial charge in [0, 0.05) is 51.0 Å². The highest BCUT2D eigenvalue weighted by Crippen LogP contribution is 2.23. The highest BCUT2D eigenvalue weighted by atomic mass is 32.2. The van der Waals surface area contributed by atoms with E-state index in [9.17, 15) is 12.8 Å². The molecule has 29 heavy (non-hydrogen) atoms. The molecule has 2 aliphatic rings. The Morgan fingerprint density at radius 1 is 0.897 bits per heavy atom. The van der Waals surface area contributed by atoms with Crippen molar-refractivity contribution in [3.05, 3.63) is 41.8 Å². The number of piperidine rings is 1. The van der Waals surface area contributed by atoms with E-state index in [-0.39, 0.29) is 4.90 Å². The smallest absolute Gasteiger partial charge is 0.243 e. The topological polar surface area (TPSA) is 69.6 Å². The lowest BCUT2D eigenvalue weighted by molar-refractivity contribution is 0.382. The molecule has 2 fully saturated rings. The van der Waals surface area contributed by atoms with Gasteiger partial charge in [-0.05, 0) is 44.4 Å². The zero-order valence-electron chi connectivity index (χ0n) is 16.6. The number of sulfonamides is 1. The van der Waals surface area contributed by atoms with E-state index in [0.717, 1.165) is 30.7 Å². The molecule has 0 amide bonds. The molecular weight excluding hydrogens is 393 g/mol. The van der Waals surface area contributed by atoms with E-state index in [1.54, 1.807) is 0 Å². The van der Waals surface area contributed by atoms with Crippen LogP contribution in [0.3, 0.4) is 0 Å².